The predicted octanol–water partition coefficient (Wildman–Crippen LogP) is 4.31. The molecule has 21 heavy (non-hydrogen) atoms. The number of rotatable bonds is 6. The van der Waals surface area contributed by atoms with Gasteiger partial charge in [0.15, 0.2) is 11.6 Å². The van der Waals surface area contributed by atoms with Gasteiger partial charge in [-0.2, -0.15) is 0 Å². The third kappa shape index (κ3) is 3.96. The van der Waals surface area contributed by atoms with Crippen LogP contribution in [0.4, 0.5) is 4.39 Å². The van der Waals surface area contributed by atoms with Gasteiger partial charge in [0, 0.05) is 12.6 Å². The molecule has 0 radical (unpaired) electrons. The van der Waals surface area contributed by atoms with Crippen LogP contribution in [0.1, 0.15) is 24.0 Å². The van der Waals surface area contributed by atoms with E-state index in [0.717, 1.165) is 12.1 Å². The van der Waals surface area contributed by atoms with Crippen LogP contribution in [-0.4, -0.2) is 6.04 Å². The lowest BCUT2D eigenvalue weighted by Gasteiger charge is -2.09. The summed E-state index contributed by atoms with van der Waals surface area (Å²) in [6.07, 6.45) is 2.58. The molecule has 3 rings (SSSR count). The van der Waals surface area contributed by atoms with E-state index in [1.165, 1.54) is 24.5 Å². The summed E-state index contributed by atoms with van der Waals surface area (Å²) in [5.41, 5.74) is 2.25. The van der Waals surface area contributed by atoms with E-state index in [1.807, 2.05) is 12.1 Å². The van der Waals surface area contributed by atoms with Crippen molar-refractivity contribution < 1.29 is 9.13 Å². The highest BCUT2D eigenvalue weighted by molar-refractivity contribution is 6.30. The Hall–Kier alpha value is -1.58. The van der Waals surface area contributed by atoms with Crippen molar-refractivity contribution in [3.05, 3.63) is 64.4 Å². The van der Waals surface area contributed by atoms with Crippen molar-refractivity contribution in [2.24, 2.45) is 0 Å². The molecule has 1 N–H and O–H groups in total. The maximum absolute atomic E-state index is 13.7. The summed E-state index contributed by atoms with van der Waals surface area (Å²) >= 11 is 5.72. The fraction of sp³-hybridized carbons (Fsp3) is 0.294. The van der Waals surface area contributed by atoms with E-state index in [2.05, 4.69) is 17.4 Å². The van der Waals surface area contributed by atoms with Gasteiger partial charge in [0.1, 0.15) is 6.61 Å². The monoisotopic (exact) mass is 305 g/mol. The van der Waals surface area contributed by atoms with Crippen LogP contribution in [0.15, 0.2) is 42.5 Å². The second-order valence-corrected chi connectivity index (χ2v) is 5.72. The molecule has 0 aliphatic heterocycles. The molecular weight excluding hydrogens is 289 g/mol. The maximum Gasteiger partial charge on any atom is 0.183 e. The number of ether oxygens (including phenoxy) is 1. The first-order valence-electron chi connectivity index (χ1n) is 7.10. The van der Waals surface area contributed by atoms with Crippen molar-refractivity contribution >= 4 is 11.6 Å². The lowest BCUT2D eigenvalue weighted by atomic mass is 10.1. The highest BCUT2D eigenvalue weighted by Crippen LogP contribution is 2.25. The van der Waals surface area contributed by atoms with E-state index in [1.54, 1.807) is 12.1 Å². The Labute approximate surface area is 128 Å². The Bertz CT molecular complexity index is 611. The fourth-order valence-corrected chi connectivity index (χ4v) is 2.23. The zero-order valence-electron chi connectivity index (χ0n) is 11.6. The SMILES string of the molecule is Fc1c(Cl)cccc1OCc1ccc(CNC2CC2)cc1. The lowest BCUT2D eigenvalue weighted by Crippen LogP contribution is -2.15. The van der Waals surface area contributed by atoms with E-state index < -0.39 is 5.82 Å². The van der Waals surface area contributed by atoms with E-state index in [0.29, 0.717) is 12.6 Å². The molecule has 0 heterocycles. The molecule has 1 aliphatic rings. The van der Waals surface area contributed by atoms with Gasteiger partial charge in [-0.25, -0.2) is 4.39 Å². The molecule has 0 bridgehead atoms. The van der Waals surface area contributed by atoms with Crippen molar-refractivity contribution in [3.63, 3.8) is 0 Å². The molecule has 2 aromatic carbocycles. The molecule has 0 aromatic heterocycles. The van der Waals surface area contributed by atoms with Crippen molar-refractivity contribution in [2.45, 2.75) is 32.0 Å². The fourth-order valence-electron chi connectivity index (χ4n) is 2.06. The minimum absolute atomic E-state index is 0.0778. The molecule has 0 unspecified atom stereocenters. The first-order valence-corrected chi connectivity index (χ1v) is 7.48. The number of hydrogen-bond acceptors (Lipinski definition) is 2. The number of benzene rings is 2. The third-order valence-corrected chi connectivity index (χ3v) is 3.80. The summed E-state index contributed by atoms with van der Waals surface area (Å²) in [6, 6.07) is 13.6. The van der Waals surface area contributed by atoms with E-state index >= 15 is 0 Å². The molecule has 0 amide bonds. The largest absolute Gasteiger partial charge is 0.486 e. The van der Waals surface area contributed by atoms with Gasteiger partial charge in [0.25, 0.3) is 0 Å². The minimum atomic E-state index is -0.510. The van der Waals surface area contributed by atoms with Crippen molar-refractivity contribution in [2.75, 3.05) is 0 Å². The van der Waals surface area contributed by atoms with Gasteiger partial charge in [0.05, 0.1) is 5.02 Å². The topological polar surface area (TPSA) is 21.3 Å². The first-order chi connectivity index (χ1) is 10.2. The molecule has 0 saturated heterocycles. The molecule has 110 valence electrons. The van der Waals surface area contributed by atoms with Crippen molar-refractivity contribution in [3.8, 4) is 5.75 Å². The van der Waals surface area contributed by atoms with Crippen LogP contribution in [0.2, 0.25) is 5.02 Å². The second-order valence-electron chi connectivity index (χ2n) is 5.31. The lowest BCUT2D eigenvalue weighted by molar-refractivity contribution is 0.290. The van der Waals surface area contributed by atoms with Gasteiger partial charge in [-0.15, -0.1) is 0 Å². The maximum atomic E-state index is 13.7. The Balaban J connectivity index is 1.56. The van der Waals surface area contributed by atoms with Crippen LogP contribution in [0.5, 0.6) is 5.75 Å². The van der Waals surface area contributed by atoms with Crippen LogP contribution in [-0.2, 0) is 13.2 Å². The molecule has 1 aliphatic carbocycles. The smallest absolute Gasteiger partial charge is 0.183 e. The van der Waals surface area contributed by atoms with E-state index in [4.69, 9.17) is 16.3 Å². The Morgan fingerprint density at radius 3 is 2.52 bits per heavy atom. The Kier molecular flexibility index (Phi) is 4.42. The number of nitrogens with one attached hydrogen (secondary N) is 1. The van der Waals surface area contributed by atoms with E-state index in [-0.39, 0.29) is 10.8 Å². The summed E-state index contributed by atoms with van der Waals surface area (Å²) in [5, 5.41) is 3.55. The summed E-state index contributed by atoms with van der Waals surface area (Å²) in [6.45, 7) is 1.22. The summed E-state index contributed by atoms with van der Waals surface area (Å²) in [4.78, 5) is 0. The average molecular weight is 306 g/mol. The van der Waals surface area contributed by atoms with Gasteiger partial charge < -0.3 is 10.1 Å². The molecule has 0 spiro atoms. The molecule has 0 atom stereocenters. The van der Waals surface area contributed by atoms with Gasteiger partial charge in [-0.05, 0) is 36.1 Å². The summed E-state index contributed by atoms with van der Waals surface area (Å²) < 4.78 is 19.2. The number of halogens is 2. The van der Waals surface area contributed by atoms with Crippen LogP contribution in [0, 0.1) is 5.82 Å². The average Bonchev–Trinajstić information content (AvgIpc) is 3.32. The first kappa shape index (κ1) is 14.4. The number of hydrogen-bond donors (Lipinski definition) is 1. The van der Waals surface area contributed by atoms with Crippen molar-refractivity contribution in [1.82, 2.24) is 5.32 Å². The minimum Gasteiger partial charge on any atom is -0.486 e. The van der Waals surface area contributed by atoms with Crippen LogP contribution in [0.3, 0.4) is 0 Å². The van der Waals surface area contributed by atoms with Crippen LogP contribution in [0.25, 0.3) is 0 Å². The standard InChI is InChI=1S/C17H17ClFNO/c18-15-2-1-3-16(17(15)19)21-11-13-6-4-12(5-7-13)10-20-14-8-9-14/h1-7,14,20H,8-11H2. The predicted molar refractivity (Wildman–Crippen MR) is 82.0 cm³/mol. The molecule has 2 aromatic rings. The molecule has 2 nitrogen and oxygen atoms in total. The molecule has 1 saturated carbocycles. The van der Waals surface area contributed by atoms with Gasteiger partial charge in [0.2, 0.25) is 0 Å². The Morgan fingerprint density at radius 2 is 1.81 bits per heavy atom. The summed E-state index contributed by atoms with van der Waals surface area (Å²) in [7, 11) is 0. The van der Waals surface area contributed by atoms with Crippen molar-refractivity contribution in [1.29, 1.82) is 0 Å². The molecule has 1 fully saturated rings. The quantitative estimate of drug-likeness (QED) is 0.858. The Morgan fingerprint density at radius 1 is 1.10 bits per heavy atom. The molecule has 4 heteroatoms. The van der Waals surface area contributed by atoms with Gasteiger partial charge in [-0.1, -0.05) is 41.9 Å². The zero-order chi connectivity index (χ0) is 14.7. The normalized spacial score (nSPS) is 14.2. The van der Waals surface area contributed by atoms with Crippen LogP contribution < -0.4 is 10.1 Å². The third-order valence-electron chi connectivity index (χ3n) is 3.51. The van der Waals surface area contributed by atoms with Gasteiger partial charge >= 0.3 is 0 Å². The summed E-state index contributed by atoms with van der Waals surface area (Å²) in [5.74, 6) is -0.327. The highest BCUT2D eigenvalue weighted by Gasteiger charge is 2.19. The van der Waals surface area contributed by atoms with E-state index in [9.17, 15) is 4.39 Å². The highest BCUT2D eigenvalue weighted by atomic mass is 35.5. The molecular formula is C17H17ClFNO. The van der Waals surface area contributed by atoms with Crippen LogP contribution >= 0.6 is 11.6 Å². The zero-order valence-corrected chi connectivity index (χ0v) is 12.4. The van der Waals surface area contributed by atoms with Gasteiger partial charge in [-0.3, -0.25) is 0 Å². The second kappa shape index (κ2) is 6.46.